The molecular formula is C13H18N2OS. The number of rotatable bonds is 5. The lowest BCUT2D eigenvalue weighted by molar-refractivity contribution is 0.114. The van der Waals surface area contributed by atoms with Crippen LogP contribution in [0, 0.1) is 0 Å². The second-order valence-electron chi connectivity index (χ2n) is 4.29. The van der Waals surface area contributed by atoms with Gasteiger partial charge in [0.1, 0.15) is 6.61 Å². The molecule has 3 nitrogen and oxygen atoms in total. The first kappa shape index (κ1) is 12.4. The molecule has 0 bridgehead atoms. The van der Waals surface area contributed by atoms with Crippen molar-refractivity contribution in [2.75, 3.05) is 0 Å². The molecule has 17 heavy (non-hydrogen) atoms. The Hall–Kier alpha value is -1.03. The molecule has 0 N–H and O–H groups in total. The second-order valence-corrected chi connectivity index (χ2v) is 5.33. The molecule has 1 aromatic rings. The van der Waals surface area contributed by atoms with Gasteiger partial charge in [-0.3, -0.25) is 0 Å². The maximum Gasteiger partial charge on any atom is 0.144 e. The lowest BCUT2D eigenvalue weighted by Gasteiger charge is -2.17. The van der Waals surface area contributed by atoms with E-state index in [0.717, 1.165) is 5.56 Å². The minimum atomic E-state index is 0.496. The largest absolute Gasteiger partial charge is 0.374 e. The summed E-state index contributed by atoms with van der Waals surface area (Å²) in [6.45, 7) is 0.496. The molecule has 0 aliphatic heterocycles. The lowest BCUT2D eigenvalue weighted by Crippen LogP contribution is -2.06. The van der Waals surface area contributed by atoms with E-state index in [1.54, 1.807) is 11.9 Å². The molecule has 4 heteroatoms. The van der Waals surface area contributed by atoms with Gasteiger partial charge in [-0.25, -0.2) is 0 Å². The predicted octanol–water partition coefficient (Wildman–Crippen LogP) is 4.55. The Bertz CT molecular complexity index is 337. The Kier molecular flexibility index (Phi) is 5.36. The summed E-state index contributed by atoms with van der Waals surface area (Å²) in [5, 5.41) is 4.39. The maximum absolute atomic E-state index is 5.15. The van der Waals surface area contributed by atoms with Crippen LogP contribution in [0.15, 0.2) is 40.1 Å². The molecule has 92 valence electrons. The summed E-state index contributed by atoms with van der Waals surface area (Å²) in [6, 6.07) is 10.0. The van der Waals surface area contributed by atoms with Crippen molar-refractivity contribution in [3.63, 3.8) is 0 Å². The highest BCUT2D eigenvalue weighted by atomic mass is 32.2. The normalized spacial score (nSPS) is 17.4. The molecular weight excluding hydrogens is 232 g/mol. The fourth-order valence-corrected chi connectivity index (χ4v) is 2.72. The Morgan fingerprint density at radius 2 is 1.88 bits per heavy atom. The van der Waals surface area contributed by atoms with Crippen LogP contribution < -0.4 is 0 Å². The highest BCUT2D eigenvalue weighted by Gasteiger charge is 2.13. The van der Waals surface area contributed by atoms with Gasteiger partial charge in [0.25, 0.3) is 0 Å². The molecule has 2 rings (SSSR count). The molecule has 0 spiro atoms. The van der Waals surface area contributed by atoms with Crippen LogP contribution in [0.1, 0.15) is 37.7 Å². The Labute approximate surface area is 107 Å². The molecule has 0 aromatic heterocycles. The van der Waals surface area contributed by atoms with Gasteiger partial charge in [0.2, 0.25) is 0 Å². The fraction of sp³-hybridized carbons (Fsp3) is 0.538. The number of hydrogen-bond donors (Lipinski definition) is 0. The number of hydrogen-bond acceptors (Lipinski definition) is 4. The van der Waals surface area contributed by atoms with Crippen LogP contribution in [-0.2, 0) is 11.4 Å². The molecule has 0 atom stereocenters. The Morgan fingerprint density at radius 1 is 1.12 bits per heavy atom. The van der Waals surface area contributed by atoms with E-state index in [-0.39, 0.29) is 0 Å². The van der Waals surface area contributed by atoms with Gasteiger partial charge in [0.15, 0.2) is 0 Å². The zero-order chi connectivity index (χ0) is 11.8. The van der Waals surface area contributed by atoms with Crippen molar-refractivity contribution in [2.45, 2.75) is 44.0 Å². The van der Waals surface area contributed by atoms with E-state index in [9.17, 15) is 0 Å². The summed E-state index contributed by atoms with van der Waals surface area (Å²) in [5.41, 5.74) is 1.12. The van der Waals surface area contributed by atoms with Gasteiger partial charge in [0, 0.05) is 22.5 Å². The first-order valence-electron chi connectivity index (χ1n) is 6.17. The molecule has 1 aliphatic carbocycles. The van der Waals surface area contributed by atoms with E-state index in [0.29, 0.717) is 11.9 Å². The van der Waals surface area contributed by atoms with Crippen molar-refractivity contribution >= 4 is 11.9 Å². The van der Waals surface area contributed by atoms with Crippen molar-refractivity contribution in [2.24, 2.45) is 9.80 Å². The molecule has 0 unspecified atom stereocenters. The van der Waals surface area contributed by atoms with Gasteiger partial charge in [-0.05, 0) is 18.4 Å². The van der Waals surface area contributed by atoms with Gasteiger partial charge >= 0.3 is 0 Å². The van der Waals surface area contributed by atoms with Crippen LogP contribution in [0.3, 0.4) is 0 Å². The molecule has 1 saturated carbocycles. The maximum atomic E-state index is 5.15. The third kappa shape index (κ3) is 4.77. The first-order valence-corrected chi connectivity index (χ1v) is 7.01. The molecule has 0 heterocycles. The zero-order valence-electron chi connectivity index (χ0n) is 9.92. The van der Waals surface area contributed by atoms with Gasteiger partial charge in [0.05, 0.1) is 0 Å². The number of nitrogens with zero attached hydrogens (tertiary/aromatic N) is 2. The van der Waals surface area contributed by atoms with Crippen LogP contribution in [-0.4, -0.2) is 5.25 Å². The van der Waals surface area contributed by atoms with E-state index in [1.165, 1.54) is 32.1 Å². The summed E-state index contributed by atoms with van der Waals surface area (Å²) in [7, 11) is 0. The molecule has 0 saturated heterocycles. The van der Waals surface area contributed by atoms with Gasteiger partial charge in [-0.15, -0.1) is 0 Å². The van der Waals surface area contributed by atoms with E-state index in [2.05, 4.69) is 9.80 Å². The molecule has 1 fully saturated rings. The molecule has 0 radical (unpaired) electrons. The van der Waals surface area contributed by atoms with Crippen LogP contribution in [0.2, 0.25) is 0 Å². The SMILES string of the molecule is c1ccc(CON=NSC2CCCCC2)cc1. The third-order valence-electron chi connectivity index (χ3n) is 2.91. The van der Waals surface area contributed by atoms with Crippen LogP contribution in [0.5, 0.6) is 0 Å². The average molecular weight is 250 g/mol. The highest BCUT2D eigenvalue weighted by Crippen LogP contribution is 2.28. The summed E-state index contributed by atoms with van der Waals surface area (Å²) in [4.78, 5) is 5.15. The highest BCUT2D eigenvalue weighted by molar-refractivity contribution is 7.98. The summed E-state index contributed by atoms with van der Waals surface area (Å²) in [6.07, 6.45) is 6.57. The standard InChI is InChI=1S/C13H18N2OS/c1-3-7-12(8-4-1)11-16-14-15-17-13-9-5-2-6-10-13/h1,3-4,7-8,13H,2,5-6,9-11H2. The monoisotopic (exact) mass is 250 g/mol. The van der Waals surface area contributed by atoms with Gasteiger partial charge in [-0.1, -0.05) is 54.1 Å². The zero-order valence-corrected chi connectivity index (χ0v) is 10.7. The Morgan fingerprint density at radius 3 is 2.65 bits per heavy atom. The third-order valence-corrected chi connectivity index (χ3v) is 3.84. The van der Waals surface area contributed by atoms with Crippen molar-refractivity contribution < 1.29 is 4.84 Å². The quantitative estimate of drug-likeness (QED) is 0.436. The minimum Gasteiger partial charge on any atom is -0.374 e. The van der Waals surface area contributed by atoms with E-state index < -0.39 is 0 Å². The average Bonchev–Trinajstić information content (AvgIpc) is 2.41. The first-order chi connectivity index (χ1) is 8.45. The van der Waals surface area contributed by atoms with Crippen LogP contribution >= 0.6 is 11.9 Å². The van der Waals surface area contributed by atoms with Gasteiger partial charge in [-0.2, -0.15) is 0 Å². The number of benzene rings is 1. The van der Waals surface area contributed by atoms with Gasteiger partial charge < -0.3 is 4.84 Å². The van der Waals surface area contributed by atoms with Crippen molar-refractivity contribution in [3.8, 4) is 0 Å². The predicted molar refractivity (Wildman–Crippen MR) is 70.6 cm³/mol. The van der Waals surface area contributed by atoms with E-state index in [4.69, 9.17) is 4.84 Å². The van der Waals surface area contributed by atoms with Crippen LogP contribution in [0.25, 0.3) is 0 Å². The molecule has 1 aromatic carbocycles. The van der Waals surface area contributed by atoms with Crippen molar-refractivity contribution in [1.82, 2.24) is 0 Å². The smallest absolute Gasteiger partial charge is 0.144 e. The topological polar surface area (TPSA) is 34.0 Å². The molecule has 0 amide bonds. The molecule has 1 aliphatic rings. The van der Waals surface area contributed by atoms with E-state index in [1.807, 2.05) is 30.3 Å². The lowest BCUT2D eigenvalue weighted by atomic mass is 10.0. The second kappa shape index (κ2) is 7.33. The summed E-state index contributed by atoms with van der Waals surface area (Å²) < 4.78 is 4.03. The van der Waals surface area contributed by atoms with Crippen LogP contribution in [0.4, 0.5) is 0 Å². The van der Waals surface area contributed by atoms with Crippen molar-refractivity contribution in [3.05, 3.63) is 35.9 Å². The van der Waals surface area contributed by atoms with Crippen molar-refractivity contribution in [1.29, 1.82) is 0 Å². The minimum absolute atomic E-state index is 0.496. The Balaban J connectivity index is 1.61. The van der Waals surface area contributed by atoms with E-state index >= 15 is 0 Å². The summed E-state index contributed by atoms with van der Waals surface area (Å²) >= 11 is 1.57. The fourth-order valence-electron chi connectivity index (χ4n) is 1.96. The summed E-state index contributed by atoms with van der Waals surface area (Å²) in [5.74, 6) is 0.